The van der Waals surface area contributed by atoms with Crippen molar-refractivity contribution in [3.8, 4) is 0 Å². The SMILES string of the molecule is CN=C(NCCCCOCc1ccccc1)N(C)Cc1csc(C)n1.I. The van der Waals surface area contributed by atoms with Crippen LogP contribution in [0.25, 0.3) is 0 Å². The molecule has 26 heavy (non-hydrogen) atoms. The standard InChI is InChI=1S/C19H28N4OS.HI/c1-16-22-18(15-25-16)13-23(3)19(20-2)21-11-7-8-12-24-14-17-9-5-4-6-10-17;/h4-6,9-10,15H,7-8,11-14H2,1-3H3,(H,20,21);1H. The molecule has 0 radical (unpaired) electrons. The largest absolute Gasteiger partial charge is 0.377 e. The van der Waals surface area contributed by atoms with Gasteiger partial charge in [0.2, 0.25) is 0 Å². The van der Waals surface area contributed by atoms with Crippen molar-refractivity contribution in [1.82, 2.24) is 15.2 Å². The highest BCUT2D eigenvalue weighted by atomic mass is 127. The van der Waals surface area contributed by atoms with Gasteiger partial charge in [-0.25, -0.2) is 4.98 Å². The van der Waals surface area contributed by atoms with Crippen LogP contribution in [-0.4, -0.2) is 43.1 Å². The number of ether oxygens (including phenoxy) is 1. The molecule has 0 saturated heterocycles. The third-order valence-corrected chi connectivity index (χ3v) is 4.57. The lowest BCUT2D eigenvalue weighted by Crippen LogP contribution is -2.39. The summed E-state index contributed by atoms with van der Waals surface area (Å²) in [5, 5.41) is 6.60. The second-order valence-corrected chi connectivity index (χ2v) is 7.00. The maximum Gasteiger partial charge on any atom is 0.193 e. The molecule has 2 rings (SSSR count). The molecule has 0 bridgehead atoms. The highest BCUT2D eigenvalue weighted by Crippen LogP contribution is 2.09. The Morgan fingerprint density at radius 3 is 2.69 bits per heavy atom. The van der Waals surface area contributed by atoms with E-state index in [1.807, 2.05) is 39.2 Å². The third-order valence-electron chi connectivity index (χ3n) is 3.75. The average molecular weight is 488 g/mol. The first-order valence-electron chi connectivity index (χ1n) is 8.63. The van der Waals surface area contributed by atoms with Gasteiger partial charge in [0.1, 0.15) is 0 Å². The van der Waals surface area contributed by atoms with E-state index >= 15 is 0 Å². The molecule has 0 atom stereocenters. The van der Waals surface area contributed by atoms with Crippen LogP contribution in [0.15, 0.2) is 40.7 Å². The predicted octanol–water partition coefficient (Wildman–Crippen LogP) is 4.07. The summed E-state index contributed by atoms with van der Waals surface area (Å²) < 4.78 is 5.71. The van der Waals surface area contributed by atoms with E-state index < -0.39 is 0 Å². The molecule has 1 aromatic carbocycles. The molecule has 2 aromatic rings. The number of unbranched alkanes of at least 4 members (excludes halogenated alkanes) is 1. The van der Waals surface area contributed by atoms with Crippen molar-refractivity contribution in [2.45, 2.75) is 32.9 Å². The van der Waals surface area contributed by atoms with E-state index in [2.05, 4.69) is 37.7 Å². The van der Waals surface area contributed by atoms with Crippen LogP contribution in [0.1, 0.15) is 29.1 Å². The number of hydrogen-bond acceptors (Lipinski definition) is 4. The van der Waals surface area contributed by atoms with Crippen LogP contribution in [-0.2, 0) is 17.9 Å². The minimum Gasteiger partial charge on any atom is -0.377 e. The predicted molar refractivity (Wildman–Crippen MR) is 120 cm³/mol. The minimum absolute atomic E-state index is 0. The fourth-order valence-corrected chi connectivity index (χ4v) is 3.08. The number of benzene rings is 1. The Hall–Kier alpha value is -1.19. The van der Waals surface area contributed by atoms with Gasteiger partial charge in [-0.05, 0) is 25.3 Å². The number of guanidine groups is 1. The molecule has 0 unspecified atom stereocenters. The second kappa shape index (κ2) is 13.1. The summed E-state index contributed by atoms with van der Waals surface area (Å²) in [6.45, 7) is 5.15. The Bertz CT molecular complexity index is 648. The maximum absolute atomic E-state index is 5.71. The fraction of sp³-hybridized carbons (Fsp3) is 0.474. The molecule has 0 fully saturated rings. The third kappa shape index (κ3) is 8.46. The molecule has 5 nitrogen and oxygen atoms in total. The number of rotatable bonds is 9. The fourth-order valence-electron chi connectivity index (χ4n) is 2.48. The Labute approximate surface area is 177 Å². The van der Waals surface area contributed by atoms with Crippen molar-refractivity contribution in [3.05, 3.63) is 52.0 Å². The van der Waals surface area contributed by atoms with Crippen molar-refractivity contribution in [3.63, 3.8) is 0 Å². The van der Waals surface area contributed by atoms with Gasteiger partial charge < -0.3 is 15.0 Å². The van der Waals surface area contributed by atoms with Crippen LogP contribution in [0, 0.1) is 6.92 Å². The number of hydrogen-bond donors (Lipinski definition) is 1. The minimum atomic E-state index is 0. The highest BCUT2D eigenvalue weighted by Gasteiger charge is 2.08. The molecule has 0 amide bonds. The van der Waals surface area contributed by atoms with Crippen LogP contribution in [0.4, 0.5) is 0 Å². The molecular weight excluding hydrogens is 459 g/mol. The Kier molecular flexibility index (Phi) is 11.5. The molecule has 1 heterocycles. The molecule has 0 spiro atoms. The van der Waals surface area contributed by atoms with Crippen LogP contribution in [0.3, 0.4) is 0 Å². The van der Waals surface area contributed by atoms with Crippen molar-refractivity contribution in [2.75, 3.05) is 27.2 Å². The zero-order valence-corrected chi connectivity index (χ0v) is 18.9. The zero-order chi connectivity index (χ0) is 17.9. The molecular formula is C19H29IN4OS. The lowest BCUT2D eigenvalue weighted by molar-refractivity contribution is 0.117. The van der Waals surface area contributed by atoms with Crippen molar-refractivity contribution in [1.29, 1.82) is 0 Å². The summed E-state index contributed by atoms with van der Waals surface area (Å²) in [7, 11) is 3.85. The van der Waals surface area contributed by atoms with E-state index in [-0.39, 0.29) is 24.0 Å². The molecule has 7 heteroatoms. The summed E-state index contributed by atoms with van der Waals surface area (Å²) in [4.78, 5) is 10.9. The first kappa shape index (κ1) is 22.9. The van der Waals surface area contributed by atoms with Gasteiger partial charge in [0.05, 0.1) is 23.9 Å². The Morgan fingerprint density at radius 1 is 1.27 bits per heavy atom. The van der Waals surface area contributed by atoms with Gasteiger partial charge in [-0.3, -0.25) is 4.99 Å². The zero-order valence-electron chi connectivity index (χ0n) is 15.8. The summed E-state index contributed by atoms with van der Waals surface area (Å²) >= 11 is 1.68. The van der Waals surface area contributed by atoms with Crippen molar-refractivity contribution in [2.24, 2.45) is 4.99 Å². The quantitative estimate of drug-likeness (QED) is 0.250. The molecule has 144 valence electrons. The topological polar surface area (TPSA) is 49.8 Å². The van der Waals surface area contributed by atoms with E-state index in [9.17, 15) is 0 Å². The molecule has 0 aliphatic heterocycles. The number of aliphatic imine (C=N–C) groups is 1. The Morgan fingerprint density at radius 2 is 2.04 bits per heavy atom. The number of thiazole rings is 1. The van der Waals surface area contributed by atoms with Gasteiger partial charge in [-0.15, -0.1) is 35.3 Å². The molecule has 0 saturated carbocycles. The number of halogens is 1. The number of nitrogens with one attached hydrogen (secondary N) is 1. The lowest BCUT2D eigenvalue weighted by Gasteiger charge is -2.21. The lowest BCUT2D eigenvalue weighted by atomic mass is 10.2. The maximum atomic E-state index is 5.71. The van der Waals surface area contributed by atoms with E-state index in [0.29, 0.717) is 6.61 Å². The first-order valence-corrected chi connectivity index (χ1v) is 9.51. The van der Waals surface area contributed by atoms with Crippen LogP contribution in [0.2, 0.25) is 0 Å². The molecule has 0 aliphatic carbocycles. The van der Waals surface area contributed by atoms with Crippen LogP contribution in [0.5, 0.6) is 0 Å². The summed E-state index contributed by atoms with van der Waals surface area (Å²) in [6.07, 6.45) is 2.09. The first-order chi connectivity index (χ1) is 12.2. The number of aromatic nitrogens is 1. The van der Waals surface area contributed by atoms with E-state index in [1.165, 1.54) is 5.56 Å². The number of nitrogens with zero attached hydrogens (tertiary/aromatic N) is 3. The van der Waals surface area contributed by atoms with E-state index in [0.717, 1.165) is 49.2 Å². The molecule has 1 aromatic heterocycles. The van der Waals surface area contributed by atoms with Gasteiger partial charge in [0, 0.05) is 32.6 Å². The highest BCUT2D eigenvalue weighted by molar-refractivity contribution is 14.0. The van der Waals surface area contributed by atoms with Gasteiger partial charge in [-0.2, -0.15) is 0 Å². The summed E-state index contributed by atoms with van der Waals surface area (Å²) in [6, 6.07) is 10.3. The van der Waals surface area contributed by atoms with Crippen molar-refractivity contribution < 1.29 is 4.74 Å². The van der Waals surface area contributed by atoms with E-state index in [4.69, 9.17) is 4.74 Å². The Balaban J connectivity index is 0.00000338. The average Bonchev–Trinajstić information content (AvgIpc) is 3.03. The molecule has 1 N–H and O–H groups in total. The molecule has 0 aliphatic rings. The summed E-state index contributed by atoms with van der Waals surface area (Å²) in [5.74, 6) is 0.899. The monoisotopic (exact) mass is 488 g/mol. The van der Waals surface area contributed by atoms with Crippen LogP contribution < -0.4 is 5.32 Å². The van der Waals surface area contributed by atoms with Gasteiger partial charge in [-0.1, -0.05) is 30.3 Å². The van der Waals surface area contributed by atoms with Gasteiger partial charge in [0.15, 0.2) is 5.96 Å². The second-order valence-electron chi connectivity index (χ2n) is 5.93. The normalized spacial score (nSPS) is 11.1. The van der Waals surface area contributed by atoms with Gasteiger partial charge >= 0.3 is 0 Å². The number of aryl methyl sites for hydroxylation is 1. The van der Waals surface area contributed by atoms with Crippen molar-refractivity contribution >= 4 is 41.3 Å². The van der Waals surface area contributed by atoms with Gasteiger partial charge in [0.25, 0.3) is 0 Å². The smallest absolute Gasteiger partial charge is 0.193 e. The van der Waals surface area contributed by atoms with Crippen LogP contribution >= 0.6 is 35.3 Å². The summed E-state index contributed by atoms with van der Waals surface area (Å²) in [5.41, 5.74) is 2.31. The van der Waals surface area contributed by atoms with E-state index in [1.54, 1.807) is 11.3 Å².